The molecular formula is C7H15NO4S. The third-order valence-corrected chi connectivity index (χ3v) is 2.85. The molecule has 13 heavy (non-hydrogen) atoms. The molecule has 78 valence electrons. The van der Waals surface area contributed by atoms with E-state index in [9.17, 15) is 4.79 Å². The van der Waals surface area contributed by atoms with Gasteiger partial charge in [-0.25, -0.2) is 4.79 Å². The van der Waals surface area contributed by atoms with Crippen molar-refractivity contribution in [3.05, 3.63) is 0 Å². The predicted octanol–water partition coefficient (Wildman–Crippen LogP) is 1.90. The molecule has 0 fully saturated rings. The third kappa shape index (κ3) is 4.40. The van der Waals surface area contributed by atoms with Crippen molar-refractivity contribution in [2.24, 2.45) is 4.40 Å². The molecule has 0 radical (unpaired) electrons. The van der Waals surface area contributed by atoms with Gasteiger partial charge in [0.1, 0.15) is 0 Å². The summed E-state index contributed by atoms with van der Waals surface area (Å²) in [6.45, 7) is 6.46. The Balaban J connectivity index is 4.46. The maximum absolute atomic E-state index is 10.1. The van der Waals surface area contributed by atoms with Gasteiger partial charge in [-0.15, -0.1) is 0 Å². The average molecular weight is 209 g/mol. The van der Waals surface area contributed by atoms with Crippen molar-refractivity contribution < 1.29 is 17.3 Å². The molecule has 0 spiro atoms. The van der Waals surface area contributed by atoms with E-state index in [4.69, 9.17) is 12.5 Å². The van der Waals surface area contributed by atoms with E-state index in [1.54, 1.807) is 20.8 Å². The van der Waals surface area contributed by atoms with E-state index in [0.717, 1.165) is 0 Å². The molecule has 5 nitrogen and oxygen atoms in total. The molecule has 0 amide bonds. The summed E-state index contributed by atoms with van der Waals surface area (Å²) < 4.78 is 18.9. The number of hydrogen-bond donors (Lipinski definition) is 0. The van der Waals surface area contributed by atoms with Gasteiger partial charge in [0.15, 0.2) is 0 Å². The van der Waals surface area contributed by atoms with Crippen LogP contribution in [0.5, 0.6) is 0 Å². The Morgan fingerprint density at radius 3 is 1.69 bits per heavy atom. The summed E-state index contributed by atoms with van der Waals surface area (Å²) in [5.41, 5.74) is 0. The van der Waals surface area contributed by atoms with Gasteiger partial charge < -0.3 is 0 Å². The van der Waals surface area contributed by atoms with Crippen LogP contribution in [0.3, 0.4) is 0 Å². The van der Waals surface area contributed by atoms with E-state index in [2.05, 4.69) is 4.40 Å². The first-order valence-electron chi connectivity index (χ1n) is 4.10. The van der Waals surface area contributed by atoms with Crippen molar-refractivity contribution in [3.63, 3.8) is 0 Å². The molecule has 0 unspecified atom stereocenters. The summed E-state index contributed by atoms with van der Waals surface area (Å²) in [4.78, 5) is 10.1. The lowest BCUT2D eigenvalue weighted by atomic mass is 10.9. The number of carbonyl (C=O) groups excluding carboxylic acids is 1. The minimum absolute atomic E-state index is 0.376. The van der Waals surface area contributed by atoms with E-state index in [1.165, 1.54) is 6.08 Å². The molecule has 0 bridgehead atoms. The van der Waals surface area contributed by atoms with Gasteiger partial charge in [0.05, 0.1) is 19.8 Å². The maximum Gasteiger partial charge on any atom is 0.251 e. The zero-order chi connectivity index (χ0) is 10.2. The normalized spacial score (nSPS) is 12.2. The van der Waals surface area contributed by atoms with Crippen LogP contribution in [0.1, 0.15) is 20.8 Å². The number of isocyanates is 1. The highest BCUT2D eigenvalue weighted by molar-refractivity contribution is 8.20. The van der Waals surface area contributed by atoms with Crippen molar-refractivity contribution in [2.45, 2.75) is 20.8 Å². The Bertz CT molecular complexity index is 164. The van der Waals surface area contributed by atoms with E-state index in [-0.39, 0.29) is 0 Å². The molecule has 0 saturated heterocycles. The molecule has 0 aromatic rings. The molecule has 0 atom stereocenters. The fourth-order valence-electron chi connectivity index (χ4n) is 0.674. The second kappa shape index (κ2) is 7.06. The van der Waals surface area contributed by atoms with Gasteiger partial charge in [0, 0.05) is 0 Å². The van der Waals surface area contributed by atoms with E-state index >= 15 is 0 Å². The Kier molecular flexibility index (Phi) is 6.84. The molecule has 0 N–H and O–H groups in total. The summed E-state index contributed by atoms with van der Waals surface area (Å²) in [7, 11) is 0. The van der Waals surface area contributed by atoms with Gasteiger partial charge in [-0.3, -0.25) is 12.5 Å². The Hall–Kier alpha value is -0.390. The molecule has 0 aromatic carbocycles. The van der Waals surface area contributed by atoms with Crippen molar-refractivity contribution >= 4 is 17.1 Å². The SMILES string of the molecule is CCOS(N=C=O)(OCC)OCC. The molecule has 0 aliphatic heterocycles. The fraction of sp³-hybridized carbons (Fsp3) is 0.857. The van der Waals surface area contributed by atoms with Crippen LogP contribution in [0.2, 0.25) is 0 Å². The highest BCUT2D eigenvalue weighted by Gasteiger charge is 2.25. The molecule has 0 heterocycles. The Labute approximate surface area is 80.1 Å². The van der Waals surface area contributed by atoms with Gasteiger partial charge >= 0.3 is 0 Å². The van der Waals surface area contributed by atoms with E-state index in [0.29, 0.717) is 19.8 Å². The van der Waals surface area contributed by atoms with Crippen LogP contribution in [0.25, 0.3) is 0 Å². The highest BCUT2D eigenvalue weighted by Crippen LogP contribution is 2.52. The minimum Gasteiger partial charge on any atom is -0.275 e. The zero-order valence-corrected chi connectivity index (χ0v) is 8.93. The molecular weight excluding hydrogens is 194 g/mol. The fourth-order valence-corrected chi connectivity index (χ4v) is 2.02. The summed E-state index contributed by atoms with van der Waals surface area (Å²) in [6.07, 6.45) is 1.40. The van der Waals surface area contributed by atoms with Crippen molar-refractivity contribution in [2.75, 3.05) is 19.8 Å². The van der Waals surface area contributed by atoms with Gasteiger partial charge in [-0.1, -0.05) is 4.40 Å². The van der Waals surface area contributed by atoms with Gasteiger partial charge in [-0.05, 0) is 20.8 Å². The lowest BCUT2D eigenvalue weighted by Gasteiger charge is -2.29. The summed E-state index contributed by atoms with van der Waals surface area (Å²) in [5, 5.41) is 0. The minimum atomic E-state index is -2.50. The first-order chi connectivity index (χ1) is 6.24. The molecule has 0 aromatic heterocycles. The van der Waals surface area contributed by atoms with Crippen LogP contribution in [-0.2, 0) is 17.3 Å². The monoisotopic (exact) mass is 209 g/mol. The summed E-state index contributed by atoms with van der Waals surface area (Å²) in [6, 6.07) is 0. The highest BCUT2D eigenvalue weighted by atomic mass is 32.3. The lowest BCUT2D eigenvalue weighted by molar-refractivity contribution is 0.186. The van der Waals surface area contributed by atoms with Crippen LogP contribution in [0, 0.1) is 0 Å². The van der Waals surface area contributed by atoms with Crippen LogP contribution < -0.4 is 0 Å². The summed E-state index contributed by atoms with van der Waals surface area (Å²) in [5.74, 6) is 0. The van der Waals surface area contributed by atoms with Crippen molar-refractivity contribution in [3.8, 4) is 0 Å². The maximum atomic E-state index is 10.1. The van der Waals surface area contributed by atoms with E-state index in [1.807, 2.05) is 0 Å². The van der Waals surface area contributed by atoms with E-state index < -0.39 is 11.1 Å². The van der Waals surface area contributed by atoms with Crippen molar-refractivity contribution in [1.29, 1.82) is 0 Å². The number of hydrogen-bond acceptors (Lipinski definition) is 5. The first kappa shape index (κ1) is 12.6. The topological polar surface area (TPSA) is 57.1 Å². The average Bonchev–Trinajstić information content (AvgIpc) is 2.06. The zero-order valence-electron chi connectivity index (χ0n) is 8.11. The standard InChI is InChI=1S/C7H15NO4S/c1-4-10-13(8-7-9,11-5-2)12-6-3/h4-6H2,1-3H3. The van der Waals surface area contributed by atoms with Crippen LogP contribution in [0.4, 0.5) is 0 Å². The van der Waals surface area contributed by atoms with Gasteiger partial charge in [0.2, 0.25) is 11.1 Å². The van der Waals surface area contributed by atoms with Crippen LogP contribution in [-0.4, -0.2) is 25.9 Å². The predicted molar refractivity (Wildman–Crippen MR) is 50.6 cm³/mol. The van der Waals surface area contributed by atoms with Gasteiger partial charge in [0.25, 0.3) is 6.08 Å². The number of nitrogens with zero attached hydrogens (tertiary/aromatic N) is 1. The van der Waals surface area contributed by atoms with Crippen LogP contribution in [0.15, 0.2) is 4.40 Å². The smallest absolute Gasteiger partial charge is 0.251 e. The quantitative estimate of drug-likeness (QED) is 0.474. The number of rotatable bonds is 7. The molecule has 6 heteroatoms. The molecule has 0 aliphatic carbocycles. The summed E-state index contributed by atoms with van der Waals surface area (Å²) >= 11 is -2.50. The van der Waals surface area contributed by atoms with Gasteiger partial charge in [-0.2, -0.15) is 0 Å². The third-order valence-electron chi connectivity index (χ3n) is 0.949. The largest absolute Gasteiger partial charge is 0.275 e. The molecule has 0 saturated carbocycles. The van der Waals surface area contributed by atoms with Crippen LogP contribution >= 0.6 is 11.1 Å². The second-order valence-electron chi connectivity index (χ2n) is 1.83. The first-order valence-corrected chi connectivity index (χ1v) is 5.46. The van der Waals surface area contributed by atoms with Crippen molar-refractivity contribution in [1.82, 2.24) is 0 Å². The Morgan fingerprint density at radius 1 is 1.08 bits per heavy atom. The lowest BCUT2D eigenvalue weighted by Crippen LogP contribution is -2.10. The Morgan fingerprint density at radius 2 is 1.46 bits per heavy atom. The second-order valence-corrected chi connectivity index (χ2v) is 3.58. The molecule has 0 rings (SSSR count). The molecule has 0 aliphatic rings.